The van der Waals surface area contributed by atoms with Crippen molar-refractivity contribution in [2.24, 2.45) is 27.0 Å². The molecule has 26 nitrogen and oxygen atoms in total. The Morgan fingerprint density at radius 3 is 1.32 bits per heavy atom. The maximum Gasteiger partial charge on any atom is 0.307 e. The van der Waals surface area contributed by atoms with Crippen LogP contribution in [0, 0.1) is 26.7 Å². The average Bonchev–Trinajstić information content (AvgIpc) is 1.65. The number of hydrazone groups is 3. The Balaban J connectivity index is 0.000000154. The van der Waals surface area contributed by atoms with E-state index in [1.165, 1.54) is 16.7 Å². The Hall–Kier alpha value is -9.08. The number of benzene rings is 3. The normalized spacial score (nSPS) is 16.9. The Labute approximate surface area is 537 Å². The van der Waals surface area contributed by atoms with Crippen molar-refractivity contribution >= 4 is 71.7 Å². The minimum Gasteiger partial charge on any atom is -0.460 e. The Kier molecular flexibility index (Phi) is 22.1. The van der Waals surface area contributed by atoms with Crippen LogP contribution in [0.25, 0.3) is 0 Å². The van der Waals surface area contributed by atoms with E-state index < -0.39 is 17.6 Å². The number of carbonyl (C=O) groups excluding carboxylic acids is 3. The first-order valence-electron chi connectivity index (χ1n) is 31.4. The van der Waals surface area contributed by atoms with Gasteiger partial charge in [-0.3, -0.25) is 14.4 Å². The Morgan fingerprint density at radius 1 is 0.554 bits per heavy atom. The second-order valence-corrected chi connectivity index (χ2v) is 24.5. The molecule has 26 heteroatoms. The van der Waals surface area contributed by atoms with Crippen LogP contribution in [0.2, 0.25) is 0 Å². The number of hydrogen-bond donors (Lipinski definition) is 5. The first-order valence-corrected chi connectivity index (χ1v) is 31.4. The summed E-state index contributed by atoms with van der Waals surface area (Å²) in [5, 5.41) is 16.3. The summed E-state index contributed by atoms with van der Waals surface area (Å²) in [6.45, 7) is 26.9. The molecule has 6 aromatic rings. The van der Waals surface area contributed by atoms with Crippen LogP contribution in [0.5, 0.6) is 0 Å². The summed E-state index contributed by atoms with van der Waals surface area (Å²) in [4.78, 5) is 76.1. The molecule has 92 heavy (non-hydrogen) atoms. The highest BCUT2D eigenvalue weighted by molar-refractivity contribution is 5.85. The number of aryl methyl sites for hydroxylation is 3. The maximum atomic E-state index is 13.2. The van der Waals surface area contributed by atoms with Gasteiger partial charge in [0.2, 0.25) is 29.7 Å². The molecule has 3 fully saturated rings. The molecule has 2 atom stereocenters. The number of morpholine rings is 3. The fraction of sp³-hybridized carbons (Fsp3) is 0.455. The van der Waals surface area contributed by atoms with Gasteiger partial charge in [-0.15, -0.1) is 0 Å². The predicted octanol–water partition coefficient (Wildman–Crippen LogP) is 6.21. The second kappa shape index (κ2) is 30.8. The summed E-state index contributed by atoms with van der Waals surface area (Å²) >= 11 is 0. The molecule has 3 aromatic heterocycles. The van der Waals surface area contributed by atoms with Crippen LogP contribution in [0.4, 0.5) is 35.3 Å². The number of nitrogens with zero attached hydrogens (tertiary/aromatic N) is 14. The molecule has 0 bridgehead atoms. The summed E-state index contributed by atoms with van der Waals surface area (Å²) in [5.41, 5.74) is 26.4. The summed E-state index contributed by atoms with van der Waals surface area (Å²) in [5.74, 6) is 2.86. The molecule has 3 saturated heterocycles. The topological polar surface area (TPSA) is 293 Å². The molecule has 0 aliphatic carbocycles. The Morgan fingerprint density at radius 2 is 0.935 bits per heavy atom. The zero-order valence-electron chi connectivity index (χ0n) is 53.9. The lowest BCUT2D eigenvalue weighted by atomic mass is 10.1. The number of anilines is 6. The molecule has 0 radical (unpaired) electrons. The molecule has 0 saturated carbocycles. The van der Waals surface area contributed by atoms with Crippen molar-refractivity contribution in [1.29, 1.82) is 0 Å². The third kappa shape index (κ3) is 17.9. The highest BCUT2D eigenvalue weighted by Crippen LogP contribution is 2.34. The lowest BCUT2D eigenvalue weighted by Crippen LogP contribution is -2.39. The van der Waals surface area contributed by atoms with Gasteiger partial charge in [-0.05, 0) is 65.2 Å². The number of ether oxygens (including phenoxy) is 4. The van der Waals surface area contributed by atoms with E-state index >= 15 is 0 Å². The minimum absolute atomic E-state index is 0.0332. The first-order chi connectivity index (χ1) is 44.4. The number of nitrogens with one attached hydrogen (secondary N) is 4. The van der Waals surface area contributed by atoms with E-state index in [4.69, 9.17) is 39.6 Å². The number of esters is 1. The van der Waals surface area contributed by atoms with Crippen molar-refractivity contribution in [3.63, 3.8) is 0 Å². The predicted molar refractivity (Wildman–Crippen MR) is 355 cm³/mol. The van der Waals surface area contributed by atoms with E-state index in [0.717, 1.165) is 120 Å². The van der Waals surface area contributed by atoms with Gasteiger partial charge in [-0.25, -0.2) is 31.2 Å². The number of amides is 2. The van der Waals surface area contributed by atoms with Crippen molar-refractivity contribution in [3.8, 4) is 0 Å². The molecule has 3 aromatic carbocycles. The fourth-order valence-electron chi connectivity index (χ4n) is 11.3. The standard InChI is InChI=1S/C27H36N6O4.C21H27N7O2.C18H22N6O/c1-18-7-6-8-20(13-18)15-28-31-26-29-22-17-33(25(35)19(2)14-23(34)37-27(3,4)5)16-21(22)24(30-26)32-9-11-36-12-10-32;1-14-4-3-5-16(10-14)11-23-26-21-24-18-13-28(20(29)15(2)22)12-17(18)19(25-21)27-6-8-30-9-7-27;1-13-3-2-4-14(9-13)10-20-23-18-21-16-12-19-11-15(16)17(22-18)24-5-7-25-8-6-24/h6-8,13,15,19H,9-12,14,16-17H2,1-5H3,(H,29,30,31);3-5,10-11,15H,6-9,12-13,22H2,1-2H3,(H,24,25,26);2-4,9-10,19H,5-8,11-12H2,1H3,(H,21,22,23)/b28-15+;23-11+;20-10+/t19-;15-;/m10./s1. The molecular formula is C66H85N19O7. The van der Waals surface area contributed by atoms with Gasteiger partial charge >= 0.3 is 5.97 Å². The van der Waals surface area contributed by atoms with Gasteiger partial charge in [0.25, 0.3) is 0 Å². The van der Waals surface area contributed by atoms with E-state index in [1.54, 1.807) is 42.3 Å². The summed E-state index contributed by atoms with van der Waals surface area (Å²) in [7, 11) is 0. The molecule has 6 N–H and O–H groups in total. The van der Waals surface area contributed by atoms with Crippen LogP contribution in [-0.2, 0) is 72.6 Å². The third-order valence-electron chi connectivity index (χ3n) is 15.7. The molecule has 0 spiro atoms. The van der Waals surface area contributed by atoms with Crippen molar-refractivity contribution in [1.82, 2.24) is 45.0 Å². The van der Waals surface area contributed by atoms with Crippen LogP contribution in [-0.4, -0.2) is 167 Å². The SMILES string of the molecule is Cc1cccc(/C=N/Nc2nc3c(c(N4CCOCC4)n2)CN(C(=O)[C@H](C)CC(=O)OC(C)(C)C)C3)c1.Cc1cccc(/C=N/Nc2nc3c(c(N4CCOCC4)n2)CN(C(=O)[C@H](C)N)C3)c1.Cc1cccc(/C=N/Nc2nc3c(c(N4CCOCC4)n2)CNC3)c1. The van der Waals surface area contributed by atoms with Gasteiger partial charge in [0, 0.05) is 75.0 Å². The largest absolute Gasteiger partial charge is 0.460 e. The molecule has 6 aliphatic rings. The zero-order chi connectivity index (χ0) is 64.7. The van der Waals surface area contributed by atoms with Gasteiger partial charge in [0.05, 0.1) is 114 Å². The highest BCUT2D eigenvalue weighted by atomic mass is 16.6. The van der Waals surface area contributed by atoms with E-state index in [1.807, 2.05) is 95.3 Å². The molecule has 9 heterocycles. The quantitative estimate of drug-likeness (QED) is 0.0409. The number of fused-ring (bicyclic) bond motifs is 3. The second-order valence-electron chi connectivity index (χ2n) is 24.5. The van der Waals surface area contributed by atoms with Crippen molar-refractivity contribution in [3.05, 3.63) is 140 Å². The van der Waals surface area contributed by atoms with Gasteiger partial charge < -0.3 is 54.5 Å². The number of hydrogen-bond acceptors (Lipinski definition) is 24. The van der Waals surface area contributed by atoms with E-state index in [-0.39, 0.29) is 24.2 Å². The molecule has 0 unspecified atom stereocenters. The van der Waals surface area contributed by atoms with Gasteiger partial charge in [0.1, 0.15) is 23.1 Å². The summed E-state index contributed by atoms with van der Waals surface area (Å²) in [6, 6.07) is 23.7. The van der Waals surface area contributed by atoms with Crippen LogP contribution in [0.1, 0.15) is 108 Å². The average molecular weight is 1260 g/mol. The van der Waals surface area contributed by atoms with Gasteiger partial charge in [-0.2, -0.15) is 30.3 Å². The lowest BCUT2D eigenvalue weighted by molar-refractivity contribution is -0.158. The number of aromatic nitrogens is 6. The smallest absolute Gasteiger partial charge is 0.307 e. The van der Waals surface area contributed by atoms with Crippen molar-refractivity contribution < 1.29 is 33.3 Å². The van der Waals surface area contributed by atoms with Crippen LogP contribution >= 0.6 is 0 Å². The molecule has 12 rings (SSSR count). The highest BCUT2D eigenvalue weighted by Gasteiger charge is 2.35. The first kappa shape index (κ1) is 65.9. The fourth-order valence-corrected chi connectivity index (χ4v) is 11.3. The molecule has 486 valence electrons. The van der Waals surface area contributed by atoms with Crippen LogP contribution < -0.4 is 42.0 Å². The summed E-state index contributed by atoms with van der Waals surface area (Å²) in [6.07, 6.45) is 5.29. The van der Waals surface area contributed by atoms with Crippen molar-refractivity contribution in [2.45, 2.75) is 113 Å². The minimum atomic E-state index is -0.586. The Bertz CT molecular complexity index is 3650. The van der Waals surface area contributed by atoms with Gasteiger partial charge in [-0.1, -0.05) is 96.4 Å². The van der Waals surface area contributed by atoms with Crippen molar-refractivity contribution in [2.75, 3.05) is 110 Å². The monoisotopic (exact) mass is 1260 g/mol. The zero-order valence-corrected chi connectivity index (χ0v) is 53.9. The summed E-state index contributed by atoms with van der Waals surface area (Å²) < 4.78 is 21.9. The maximum absolute atomic E-state index is 13.2. The van der Waals surface area contributed by atoms with E-state index in [2.05, 4.69) is 85.6 Å². The lowest BCUT2D eigenvalue weighted by Gasteiger charge is -2.29. The number of carbonyl (C=O) groups is 3. The van der Waals surface area contributed by atoms with Crippen LogP contribution in [0.3, 0.4) is 0 Å². The molecular weight excluding hydrogens is 1170 g/mol. The van der Waals surface area contributed by atoms with E-state index in [9.17, 15) is 14.4 Å². The number of rotatable bonds is 16. The number of nitrogens with two attached hydrogens (primary N) is 1. The van der Waals surface area contributed by atoms with Crippen LogP contribution in [0.15, 0.2) is 88.1 Å². The van der Waals surface area contributed by atoms with Gasteiger partial charge in [0.15, 0.2) is 0 Å². The van der Waals surface area contributed by atoms with E-state index in [0.29, 0.717) is 83.5 Å². The molecule has 6 aliphatic heterocycles. The third-order valence-corrected chi connectivity index (χ3v) is 15.7. The molecule has 2 amide bonds.